The first-order valence-corrected chi connectivity index (χ1v) is 6.31. The Hall–Kier alpha value is -2.23. The fourth-order valence-electron chi connectivity index (χ4n) is 1.78. The maximum absolute atomic E-state index is 11.7. The van der Waals surface area contributed by atoms with Crippen LogP contribution in [-0.4, -0.2) is 23.8 Å². The second-order valence-corrected chi connectivity index (χ2v) is 3.97. The van der Waals surface area contributed by atoms with Crippen molar-refractivity contribution in [1.29, 1.82) is 0 Å². The van der Waals surface area contributed by atoms with Crippen LogP contribution in [0.2, 0.25) is 0 Å². The van der Waals surface area contributed by atoms with Gasteiger partial charge in [0.05, 0.1) is 13.2 Å². The number of carbonyl (C=O) groups is 1. The molecule has 0 unspecified atom stereocenters. The summed E-state index contributed by atoms with van der Waals surface area (Å²) in [7, 11) is 0. The van der Waals surface area contributed by atoms with Crippen molar-refractivity contribution < 1.29 is 14.3 Å². The van der Waals surface area contributed by atoms with Gasteiger partial charge >= 0.3 is 5.97 Å². The van der Waals surface area contributed by atoms with E-state index in [1.165, 1.54) is 0 Å². The average molecular weight is 259 g/mol. The van der Waals surface area contributed by atoms with Gasteiger partial charge in [-0.25, -0.2) is 4.79 Å². The Morgan fingerprint density at radius 3 is 2.68 bits per heavy atom. The minimum absolute atomic E-state index is 0.299. The molecule has 4 heteroatoms. The van der Waals surface area contributed by atoms with Crippen molar-refractivity contribution in [1.82, 2.24) is 4.57 Å². The van der Waals surface area contributed by atoms with Gasteiger partial charge in [0.25, 0.3) is 0 Å². The van der Waals surface area contributed by atoms with Gasteiger partial charge in [-0.15, -0.1) is 0 Å². The van der Waals surface area contributed by atoms with Crippen molar-refractivity contribution in [3.8, 4) is 5.75 Å². The van der Waals surface area contributed by atoms with Crippen molar-refractivity contribution in [2.24, 2.45) is 0 Å². The highest BCUT2D eigenvalue weighted by molar-refractivity contribution is 5.87. The highest BCUT2D eigenvalue weighted by atomic mass is 16.5. The van der Waals surface area contributed by atoms with Crippen LogP contribution in [0.5, 0.6) is 5.75 Å². The van der Waals surface area contributed by atoms with Gasteiger partial charge in [0.1, 0.15) is 18.1 Å². The molecule has 0 spiro atoms. The van der Waals surface area contributed by atoms with Crippen molar-refractivity contribution in [2.75, 3.05) is 13.2 Å². The second kappa shape index (κ2) is 6.64. The Bertz CT molecular complexity index is 519. The normalized spacial score (nSPS) is 10.2. The number of rotatable bonds is 6. The molecule has 0 amide bonds. The summed E-state index contributed by atoms with van der Waals surface area (Å²) in [5.41, 5.74) is 0.554. The van der Waals surface area contributed by atoms with E-state index in [0.717, 1.165) is 5.75 Å². The number of benzene rings is 1. The zero-order valence-corrected chi connectivity index (χ0v) is 10.9. The summed E-state index contributed by atoms with van der Waals surface area (Å²) in [5.74, 6) is 0.527. The first-order valence-electron chi connectivity index (χ1n) is 6.31. The van der Waals surface area contributed by atoms with Gasteiger partial charge in [0, 0.05) is 6.20 Å². The average Bonchev–Trinajstić information content (AvgIpc) is 2.89. The van der Waals surface area contributed by atoms with Gasteiger partial charge in [-0.1, -0.05) is 18.2 Å². The van der Waals surface area contributed by atoms with Crippen LogP contribution < -0.4 is 4.74 Å². The molecular weight excluding hydrogens is 242 g/mol. The topological polar surface area (TPSA) is 40.5 Å². The molecule has 0 aliphatic heterocycles. The number of ether oxygens (including phenoxy) is 2. The van der Waals surface area contributed by atoms with Crippen molar-refractivity contribution in [2.45, 2.75) is 13.5 Å². The molecule has 2 rings (SSSR count). The zero-order chi connectivity index (χ0) is 13.5. The van der Waals surface area contributed by atoms with Crippen LogP contribution in [0.4, 0.5) is 0 Å². The zero-order valence-electron chi connectivity index (χ0n) is 10.9. The summed E-state index contributed by atoms with van der Waals surface area (Å²) in [6.45, 7) is 3.29. The van der Waals surface area contributed by atoms with Crippen LogP contribution in [0.15, 0.2) is 48.7 Å². The first kappa shape index (κ1) is 13.2. The quantitative estimate of drug-likeness (QED) is 0.749. The number of hydrogen-bond acceptors (Lipinski definition) is 3. The van der Waals surface area contributed by atoms with Crippen molar-refractivity contribution in [3.63, 3.8) is 0 Å². The van der Waals surface area contributed by atoms with Gasteiger partial charge in [-0.3, -0.25) is 0 Å². The molecule has 19 heavy (non-hydrogen) atoms. The molecule has 0 radical (unpaired) electrons. The Balaban J connectivity index is 1.90. The van der Waals surface area contributed by atoms with Gasteiger partial charge in [-0.2, -0.15) is 0 Å². The first-order chi connectivity index (χ1) is 9.31. The molecule has 0 aliphatic carbocycles. The molecule has 1 aromatic carbocycles. The second-order valence-electron chi connectivity index (χ2n) is 3.97. The lowest BCUT2D eigenvalue weighted by Crippen LogP contribution is -2.15. The van der Waals surface area contributed by atoms with Crippen LogP contribution in [-0.2, 0) is 11.3 Å². The lowest BCUT2D eigenvalue weighted by molar-refractivity contribution is 0.0513. The Labute approximate surface area is 112 Å². The molecule has 0 saturated heterocycles. The lowest BCUT2D eigenvalue weighted by atomic mass is 10.3. The van der Waals surface area contributed by atoms with Gasteiger partial charge in [0.2, 0.25) is 0 Å². The van der Waals surface area contributed by atoms with Crippen LogP contribution in [0, 0.1) is 0 Å². The monoisotopic (exact) mass is 259 g/mol. The third-order valence-electron chi connectivity index (χ3n) is 2.66. The number of para-hydroxylation sites is 1. The molecule has 0 saturated carbocycles. The van der Waals surface area contributed by atoms with E-state index in [4.69, 9.17) is 9.47 Å². The summed E-state index contributed by atoms with van der Waals surface area (Å²) < 4.78 is 12.4. The maximum atomic E-state index is 11.7. The van der Waals surface area contributed by atoms with Gasteiger partial charge < -0.3 is 14.0 Å². The summed E-state index contributed by atoms with van der Waals surface area (Å²) >= 11 is 0. The maximum Gasteiger partial charge on any atom is 0.354 e. The molecule has 0 N–H and O–H groups in total. The summed E-state index contributed by atoms with van der Waals surface area (Å²) in [6, 6.07) is 13.2. The third-order valence-corrected chi connectivity index (χ3v) is 2.66. The predicted molar refractivity (Wildman–Crippen MR) is 72.3 cm³/mol. The molecule has 2 aromatic rings. The fraction of sp³-hybridized carbons (Fsp3) is 0.267. The summed E-state index contributed by atoms with van der Waals surface area (Å²) in [4.78, 5) is 11.7. The minimum Gasteiger partial charge on any atom is -0.492 e. The summed E-state index contributed by atoms with van der Waals surface area (Å²) in [6.07, 6.45) is 1.85. The molecule has 1 heterocycles. The van der Waals surface area contributed by atoms with Crippen LogP contribution >= 0.6 is 0 Å². The Kier molecular flexibility index (Phi) is 4.61. The van der Waals surface area contributed by atoms with E-state index in [1.54, 1.807) is 13.0 Å². The van der Waals surface area contributed by atoms with Crippen LogP contribution in [0.3, 0.4) is 0 Å². The van der Waals surface area contributed by atoms with E-state index in [-0.39, 0.29) is 5.97 Å². The Morgan fingerprint density at radius 2 is 1.95 bits per heavy atom. The summed E-state index contributed by atoms with van der Waals surface area (Å²) in [5, 5.41) is 0. The van der Waals surface area contributed by atoms with Crippen LogP contribution in [0.1, 0.15) is 17.4 Å². The smallest absolute Gasteiger partial charge is 0.354 e. The number of carbonyl (C=O) groups excluding carboxylic acids is 1. The fourth-order valence-corrected chi connectivity index (χ4v) is 1.78. The molecule has 0 bridgehead atoms. The van der Waals surface area contributed by atoms with E-state index in [2.05, 4.69) is 0 Å². The largest absolute Gasteiger partial charge is 0.492 e. The van der Waals surface area contributed by atoms with E-state index in [0.29, 0.717) is 25.5 Å². The van der Waals surface area contributed by atoms with E-state index in [9.17, 15) is 4.79 Å². The van der Waals surface area contributed by atoms with Gasteiger partial charge in [-0.05, 0) is 31.2 Å². The van der Waals surface area contributed by atoms with E-state index in [1.807, 2.05) is 47.2 Å². The third kappa shape index (κ3) is 3.61. The molecule has 0 fully saturated rings. The lowest BCUT2D eigenvalue weighted by Gasteiger charge is -2.10. The molecule has 100 valence electrons. The molecular formula is C15H17NO3. The van der Waals surface area contributed by atoms with E-state index >= 15 is 0 Å². The van der Waals surface area contributed by atoms with Crippen molar-refractivity contribution >= 4 is 5.97 Å². The number of esters is 1. The molecule has 0 atom stereocenters. The SMILES string of the molecule is CCOC(=O)c1cccn1CCOc1ccccc1. The Morgan fingerprint density at radius 1 is 1.16 bits per heavy atom. The number of nitrogens with zero attached hydrogens (tertiary/aromatic N) is 1. The number of aromatic nitrogens is 1. The number of hydrogen-bond donors (Lipinski definition) is 0. The van der Waals surface area contributed by atoms with E-state index < -0.39 is 0 Å². The van der Waals surface area contributed by atoms with Crippen LogP contribution in [0.25, 0.3) is 0 Å². The highest BCUT2D eigenvalue weighted by Gasteiger charge is 2.11. The molecule has 1 aromatic heterocycles. The molecule has 0 aliphatic rings. The highest BCUT2D eigenvalue weighted by Crippen LogP contribution is 2.09. The van der Waals surface area contributed by atoms with Gasteiger partial charge in [0.15, 0.2) is 0 Å². The van der Waals surface area contributed by atoms with Crippen molar-refractivity contribution in [3.05, 3.63) is 54.4 Å². The minimum atomic E-state index is -0.299. The standard InChI is InChI=1S/C15H17NO3/c1-2-18-15(17)14-9-6-10-16(14)11-12-19-13-7-4-3-5-8-13/h3-10H,2,11-12H2,1H3. The molecule has 4 nitrogen and oxygen atoms in total. The predicted octanol–water partition coefficient (Wildman–Crippen LogP) is 2.74.